The summed E-state index contributed by atoms with van der Waals surface area (Å²) in [6, 6.07) is -0.940. The van der Waals surface area contributed by atoms with E-state index in [0.717, 1.165) is 0 Å². The number of rotatable bonds is 0. The Bertz CT molecular complexity index is 77.0. The number of carbonyl (C=O) groups is 1. The van der Waals surface area contributed by atoms with E-state index in [1.807, 2.05) is 0 Å². The molecule has 0 saturated heterocycles. The third-order valence-electron chi connectivity index (χ3n) is 1.11. The fourth-order valence-electron chi connectivity index (χ4n) is 0.250. The summed E-state index contributed by atoms with van der Waals surface area (Å²) >= 11 is 0. The summed E-state index contributed by atoms with van der Waals surface area (Å²) in [7, 11) is 0. The number of hydrogen-bond donors (Lipinski definition) is 3. The Hall–Kier alpha value is -0.770. The molecule has 1 rings (SSSR count). The van der Waals surface area contributed by atoms with E-state index in [0.29, 0.717) is 0 Å². The van der Waals surface area contributed by atoms with Gasteiger partial charge in [-0.1, -0.05) is 25.7 Å². The number of nitrogens with one attached hydrogen (secondary N) is 1. The Labute approximate surface area is 54.0 Å². The number of carbonyl (C=O) groups excluding carboxylic acids is 1. The summed E-state index contributed by atoms with van der Waals surface area (Å²) in [5.41, 5.74) is 5.46. The molecule has 0 heterocycles. The maximum atomic E-state index is 9.23. The van der Waals surface area contributed by atoms with Gasteiger partial charge in [0.1, 0.15) is 0 Å². The molecule has 0 aliphatic heterocycles. The lowest BCUT2D eigenvalue weighted by molar-refractivity contribution is 0.169. The van der Waals surface area contributed by atoms with Crippen LogP contribution in [-0.4, -0.2) is 11.2 Å². The maximum Gasteiger partial charge on any atom is 0.335 e. The fraction of sp³-hybridized carbons (Fsp3) is 0.800. The number of urea groups is 1. The highest BCUT2D eigenvalue weighted by Crippen LogP contribution is 2.15. The van der Waals surface area contributed by atoms with E-state index >= 15 is 0 Å². The van der Waals surface area contributed by atoms with Crippen molar-refractivity contribution in [1.29, 1.82) is 0 Å². The molecule has 0 radical (unpaired) electrons. The Morgan fingerprint density at radius 2 is 1.56 bits per heavy atom. The second-order valence-electron chi connectivity index (χ2n) is 1.89. The molecule has 0 bridgehead atoms. The molecule has 0 aromatic carbocycles. The van der Waals surface area contributed by atoms with E-state index in [-0.39, 0.29) is 0 Å². The van der Waals surface area contributed by atoms with Crippen LogP contribution in [0.5, 0.6) is 0 Å². The molecule has 1 aliphatic rings. The summed E-state index contributed by atoms with van der Waals surface area (Å²) < 4.78 is 0. The highest BCUT2D eigenvalue weighted by molar-refractivity contribution is 5.69. The van der Waals surface area contributed by atoms with Gasteiger partial charge < -0.3 is 5.73 Å². The van der Waals surface area contributed by atoms with Crippen LogP contribution in [0.15, 0.2) is 0 Å². The summed E-state index contributed by atoms with van der Waals surface area (Å²) in [6.45, 7) is 0. The van der Waals surface area contributed by atoms with Gasteiger partial charge in [0.2, 0.25) is 0 Å². The zero-order valence-electron chi connectivity index (χ0n) is 5.26. The Morgan fingerprint density at radius 3 is 1.56 bits per heavy atom. The van der Waals surface area contributed by atoms with Crippen molar-refractivity contribution in [3.8, 4) is 0 Å². The Balaban J connectivity index is 0.000000144. The van der Waals surface area contributed by atoms with Crippen molar-refractivity contribution >= 4 is 6.03 Å². The SMILES string of the molecule is C1CCC1.NC(=O)NO. The van der Waals surface area contributed by atoms with Crippen LogP contribution in [0.1, 0.15) is 25.7 Å². The second kappa shape index (κ2) is 5.37. The summed E-state index contributed by atoms with van der Waals surface area (Å²) in [5.74, 6) is 0. The predicted octanol–water partition coefficient (Wildman–Crippen LogP) is 0.604. The molecule has 54 valence electrons. The number of amides is 2. The molecule has 1 fully saturated rings. The molecule has 2 amide bonds. The van der Waals surface area contributed by atoms with Crippen molar-refractivity contribution in [3.63, 3.8) is 0 Å². The van der Waals surface area contributed by atoms with Crippen LogP contribution in [-0.2, 0) is 0 Å². The summed E-state index contributed by atoms with van der Waals surface area (Å²) in [4.78, 5) is 9.23. The zero-order chi connectivity index (χ0) is 7.11. The van der Waals surface area contributed by atoms with Crippen LogP contribution >= 0.6 is 0 Å². The van der Waals surface area contributed by atoms with E-state index in [9.17, 15) is 4.79 Å². The molecular formula is C5H12N2O2. The minimum atomic E-state index is -0.940. The first-order chi connectivity index (χ1) is 4.27. The van der Waals surface area contributed by atoms with Crippen molar-refractivity contribution in [2.75, 3.05) is 0 Å². The molecule has 0 spiro atoms. The van der Waals surface area contributed by atoms with E-state index < -0.39 is 6.03 Å². The van der Waals surface area contributed by atoms with Crippen LogP contribution < -0.4 is 11.2 Å². The predicted molar refractivity (Wildman–Crippen MR) is 33.0 cm³/mol. The van der Waals surface area contributed by atoms with Gasteiger partial charge in [0.25, 0.3) is 0 Å². The minimum Gasteiger partial charge on any atom is -0.350 e. The van der Waals surface area contributed by atoms with Gasteiger partial charge in [-0.2, -0.15) is 0 Å². The van der Waals surface area contributed by atoms with Gasteiger partial charge in [0.05, 0.1) is 0 Å². The molecule has 9 heavy (non-hydrogen) atoms. The topological polar surface area (TPSA) is 75.4 Å². The lowest BCUT2D eigenvalue weighted by Crippen LogP contribution is -2.25. The average molecular weight is 132 g/mol. The van der Waals surface area contributed by atoms with E-state index in [1.165, 1.54) is 31.2 Å². The molecule has 4 nitrogen and oxygen atoms in total. The largest absolute Gasteiger partial charge is 0.350 e. The fourth-order valence-corrected chi connectivity index (χ4v) is 0.250. The smallest absolute Gasteiger partial charge is 0.335 e. The molecule has 0 aromatic heterocycles. The zero-order valence-corrected chi connectivity index (χ0v) is 5.26. The van der Waals surface area contributed by atoms with Crippen LogP contribution in [0.4, 0.5) is 4.79 Å². The van der Waals surface area contributed by atoms with Crippen LogP contribution in [0, 0.1) is 0 Å². The number of nitrogens with two attached hydrogens (primary N) is 1. The standard InChI is InChI=1S/C4H8.CH4N2O2/c1-2-4-3-1;2-1(4)3-5/h1-4H2;5H,(H3,2,3,4). The van der Waals surface area contributed by atoms with Crippen molar-refractivity contribution in [2.24, 2.45) is 5.73 Å². The van der Waals surface area contributed by atoms with E-state index in [1.54, 1.807) is 0 Å². The first kappa shape index (κ1) is 8.23. The Morgan fingerprint density at radius 1 is 1.33 bits per heavy atom. The first-order valence-corrected chi connectivity index (χ1v) is 2.97. The maximum absolute atomic E-state index is 9.23. The van der Waals surface area contributed by atoms with Crippen molar-refractivity contribution in [1.82, 2.24) is 5.48 Å². The number of hydrogen-bond acceptors (Lipinski definition) is 2. The summed E-state index contributed by atoms with van der Waals surface area (Å²) in [5, 5.41) is 7.42. The van der Waals surface area contributed by atoms with Gasteiger partial charge in [-0.05, 0) is 0 Å². The first-order valence-electron chi connectivity index (χ1n) is 2.97. The highest BCUT2D eigenvalue weighted by Gasteiger charge is 1.95. The van der Waals surface area contributed by atoms with Crippen molar-refractivity contribution < 1.29 is 10.0 Å². The van der Waals surface area contributed by atoms with Gasteiger partial charge in [0.15, 0.2) is 0 Å². The van der Waals surface area contributed by atoms with Gasteiger partial charge >= 0.3 is 6.03 Å². The average Bonchev–Trinajstić information content (AvgIpc) is 1.61. The van der Waals surface area contributed by atoms with Crippen molar-refractivity contribution in [3.05, 3.63) is 0 Å². The van der Waals surface area contributed by atoms with Gasteiger partial charge in [0, 0.05) is 0 Å². The minimum absolute atomic E-state index is 0.940. The van der Waals surface area contributed by atoms with E-state index in [4.69, 9.17) is 5.21 Å². The van der Waals surface area contributed by atoms with Crippen LogP contribution in [0.3, 0.4) is 0 Å². The molecule has 0 aromatic rings. The number of hydroxylamine groups is 1. The van der Waals surface area contributed by atoms with Crippen LogP contribution in [0.2, 0.25) is 0 Å². The third-order valence-corrected chi connectivity index (χ3v) is 1.11. The lowest BCUT2D eigenvalue weighted by Gasteiger charge is -2.05. The molecule has 1 aliphatic carbocycles. The highest BCUT2D eigenvalue weighted by atomic mass is 16.5. The van der Waals surface area contributed by atoms with Gasteiger partial charge in [-0.15, -0.1) is 0 Å². The number of primary amides is 1. The third kappa shape index (κ3) is 7.23. The molecule has 0 unspecified atom stereocenters. The molecule has 4 heteroatoms. The second-order valence-corrected chi connectivity index (χ2v) is 1.89. The molecule has 4 N–H and O–H groups in total. The van der Waals surface area contributed by atoms with E-state index in [2.05, 4.69) is 5.73 Å². The molecule has 1 saturated carbocycles. The Kier molecular flexibility index (Phi) is 4.91. The van der Waals surface area contributed by atoms with Gasteiger partial charge in [-0.25, -0.2) is 10.3 Å². The van der Waals surface area contributed by atoms with Crippen molar-refractivity contribution in [2.45, 2.75) is 25.7 Å². The molecule has 0 atom stereocenters. The monoisotopic (exact) mass is 132 g/mol. The molecular weight excluding hydrogens is 120 g/mol. The van der Waals surface area contributed by atoms with Crippen LogP contribution in [0.25, 0.3) is 0 Å². The lowest BCUT2D eigenvalue weighted by atomic mass is 10.0. The van der Waals surface area contributed by atoms with Gasteiger partial charge in [-0.3, -0.25) is 5.21 Å². The normalized spacial score (nSPS) is 14.3. The quantitative estimate of drug-likeness (QED) is 0.333. The summed E-state index contributed by atoms with van der Waals surface area (Å²) in [6.07, 6.45) is 6.00.